The van der Waals surface area contributed by atoms with Crippen LogP contribution in [0.5, 0.6) is 0 Å². The van der Waals surface area contributed by atoms with Gasteiger partial charge in [0.25, 0.3) is 0 Å². The number of piperazine rings is 1. The zero-order chi connectivity index (χ0) is 13.2. The van der Waals surface area contributed by atoms with Crippen molar-refractivity contribution >= 4 is 21.9 Å². The van der Waals surface area contributed by atoms with Crippen molar-refractivity contribution in [1.29, 1.82) is 0 Å². The highest BCUT2D eigenvalue weighted by atomic mass is 79.9. The van der Waals surface area contributed by atoms with Crippen LogP contribution in [0.2, 0.25) is 0 Å². The Morgan fingerprint density at radius 2 is 2.11 bits per heavy atom. The molecule has 0 spiro atoms. The molecule has 3 rings (SSSR count). The molecule has 2 heterocycles. The number of halogens is 1. The Morgan fingerprint density at radius 3 is 2.84 bits per heavy atom. The fourth-order valence-electron chi connectivity index (χ4n) is 2.25. The first-order chi connectivity index (χ1) is 9.22. The van der Waals surface area contributed by atoms with Gasteiger partial charge in [0.1, 0.15) is 0 Å². The Balaban J connectivity index is 1.81. The average molecular weight is 322 g/mol. The van der Waals surface area contributed by atoms with E-state index in [0.717, 1.165) is 41.4 Å². The summed E-state index contributed by atoms with van der Waals surface area (Å²) in [4.78, 5) is 6.79. The Hall–Kier alpha value is -1.40. The maximum absolute atomic E-state index is 4.58. The van der Waals surface area contributed by atoms with Gasteiger partial charge in [0, 0.05) is 35.7 Å². The lowest BCUT2D eigenvalue weighted by molar-refractivity contribution is 0.480. The summed E-state index contributed by atoms with van der Waals surface area (Å²) in [5, 5.41) is 10.8. The number of rotatable bonds is 2. The van der Waals surface area contributed by atoms with E-state index in [-0.39, 0.29) is 0 Å². The highest BCUT2D eigenvalue weighted by molar-refractivity contribution is 9.10. The van der Waals surface area contributed by atoms with Gasteiger partial charge in [0.15, 0.2) is 5.82 Å². The average Bonchev–Trinajstić information content (AvgIpc) is 2.89. The van der Waals surface area contributed by atoms with Crippen LogP contribution in [-0.2, 0) is 0 Å². The molecule has 1 aromatic carbocycles. The molecule has 1 aromatic heterocycles. The van der Waals surface area contributed by atoms with E-state index in [1.165, 1.54) is 0 Å². The summed E-state index contributed by atoms with van der Waals surface area (Å²) in [5.41, 5.74) is 1.05. The van der Waals surface area contributed by atoms with Crippen LogP contribution in [0, 0.1) is 0 Å². The maximum Gasteiger partial charge on any atom is 0.245 e. The predicted molar refractivity (Wildman–Crippen MR) is 79.2 cm³/mol. The molecule has 1 saturated heterocycles. The molecule has 100 valence electrons. The van der Waals surface area contributed by atoms with E-state index in [4.69, 9.17) is 0 Å². The van der Waals surface area contributed by atoms with Crippen LogP contribution in [0.1, 0.15) is 6.92 Å². The molecule has 5 nitrogen and oxygen atoms in total. The van der Waals surface area contributed by atoms with Crippen molar-refractivity contribution in [2.45, 2.75) is 13.0 Å². The summed E-state index contributed by atoms with van der Waals surface area (Å²) < 4.78 is 1.06. The Labute approximate surface area is 120 Å². The third-order valence-corrected chi connectivity index (χ3v) is 3.77. The Morgan fingerprint density at radius 1 is 1.32 bits per heavy atom. The lowest BCUT2D eigenvalue weighted by Gasteiger charge is -2.30. The number of aromatic nitrogens is 3. The molecule has 0 radical (unpaired) electrons. The molecule has 19 heavy (non-hydrogen) atoms. The van der Waals surface area contributed by atoms with Crippen LogP contribution < -0.4 is 10.2 Å². The Kier molecular flexibility index (Phi) is 3.52. The zero-order valence-corrected chi connectivity index (χ0v) is 12.3. The highest BCUT2D eigenvalue weighted by Gasteiger charge is 2.19. The molecule has 2 N–H and O–H groups in total. The van der Waals surface area contributed by atoms with Crippen LogP contribution in [0.3, 0.4) is 0 Å². The number of H-pyrrole nitrogens is 1. The van der Waals surface area contributed by atoms with E-state index in [0.29, 0.717) is 6.04 Å². The van der Waals surface area contributed by atoms with Crippen molar-refractivity contribution in [3.63, 3.8) is 0 Å². The standard InChI is InChI=1S/C13H16BrN5/c1-9-8-19(7-6-15-9)13-16-12(17-18-13)10-2-4-11(14)5-3-10/h2-5,9,15H,6-8H2,1H3,(H,16,17,18)/t9-/m1/s1. The summed E-state index contributed by atoms with van der Waals surface area (Å²) in [7, 11) is 0. The number of nitrogens with zero attached hydrogens (tertiary/aromatic N) is 3. The second-order valence-corrected chi connectivity index (χ2v) is 5.71. The smallest absolute Gasteiger partial charge is 0.245 e. The van der Waals surface area contributed by atoms with Crippen molar-refractivity contribution in [2.24, 2.45) is 0 Å². The van der Waals surface area contributed by atoms with E-state index >= 15 is 0 Å². The largest absolute Gasteiger partial charge is 0.337 e. The SMILES string of the molecule is C[C@@H]1CN(c2n[nH]c(-c3ccc(Br)cc3)n2)CCN1. The minimum Gasteiger partial charge on any atom is -0.337 e. The second kappa shape index (κ2) is 5.30. The lowest BCUT2D eigenvalue weighted by atomic mass is 10.2. The van der Waals surface area contributed by atoms with Gasteiger partial charge in [-0.2, -0.15) is 4.98 Å². The van der Waals surface area contributed by atoms with E-state index in [1.807, 2.05) is 24.3 Å². The summed E-state index contributed by atoms with van der Waals surface area (Å²) >= 11 is 3.43. The topological polar surface area (TPSA) is 56.8 Å². The van der Waals surface area contributed by atoms with E-state index < -0.39 is 0 Å². The number of aromatic amines is 1. The first kappa shape index (κ1) is 12.6. The van der Waals surface area contributed by atoms with E-state index in [2.05, 4.69) is 48.3 Å². The number of nitrogens with one attached hydrogen (secondary N) is 2. The van der Waals surface area contributed by atoms with Gasteiger partial charge in [-0.1, -0.05) is 28.1 Å². The van der Waals surface area contributed by atoms with Gasteiger partial charge in [-0.3, -0.25) is 5.10 Å². The number of benzene rings is 1. The van der Waals surface area contributed by atoms with Gasteiger partial charge >= 0.3 is 0 Å². The van der Waals surface area contributed by atoms with Crippen molar-refractivity contribution in [3.8, 4) is 11.4 Å². The predicted octanol–water partition coefficient (Wildman–Crippen LogP) is 2.03. The second-order valence-electron chi connectivity index (χ2n) is 4.79. The fraction of sp³-hybridized carbons (Fsp3) is 0.385. The zero-order valence-electron chi connectivity index (χ0n) is 10.7. The third-order valence-electron chi connectivity index (χ3n) is 3.24. The number of anilines is 1. The van der Waals surface area contributed by atoms with Crippen LogP contribution in [0.25, 0.3) is 11.4 Å². The fourth-order valence-corrected chi connectivity index (χ4v) is 2.51. The van der Waals surface area contributed by atoms with Crippen molar-refractivity contribution < 1.29 is 0 Å². The molecular formula is C13H16BrN5. The van der Waals surface area contributed by atoms with Gasteiger partial charge in [-0.25, -0.2) is 0 Å². The molecule has 1 fully saturated rings. The summed E-state index contributed by atoms with van der Waals surface area (Å²) in [6.07, 6.45) is 0. The van der Waals surface area contributed by atoms with E-state index in [9.17, 15) is 0 Å². The van der Waals surface area contributed by atoms with Crippen molar-refractivity contribution in [2.75, 3.05) is 24.5 Å². The number of hydrogen-bond acceptors (Lipinski definition) is 4. The minimum atomic E-state index is 0.475. The molecule has 1 atom stereocenters. The molecule has 0 unspecified atom stereocenters. The first-order valence-corrected chi connectivity index (χ1v) is 7.18. The van der Waals surface area contributed by atoms with Gasteiger partial charge in [-0.15, -0.1) is 5.10 Å². The van der Waals surface area contributed by atoms with Crippen molar-refractivity contribution in [3.05, 3.63) is 28.7 Å². The van der Waals surface area contributed by atoms with E-state index in [1.54, 1.807) is 0 Å². The van der Waals surface area contributed by atoms with Crippen molar-refractivity contribution in [1.82, 2.24) is 20.5 Å². The van der Waals surface area contributed by atoms with Gasteiger partial charge in [0.2, 0.25) is 5.95 Å². The molecule has 0 saturated carbocycles. The normalized spacial score (nSPS) is 19.7. The van der Waals surface area contributed by atoms with Crippen LogP contribution in [-0.4, -0.2) is 40.9 Å². The van der Waals surface area contributed by atoms with Gasteiger partial charge in [0.05, 0.1) is 0 Å². The molecule has 1 aliphatic heterocycles. The van der Waals surface area contributed by atoms with Crippen LogP contribution in [0.4, 0.5) is 5.95 Å². The molecule has 2 aromatic rings. The van der Waals surface area contributed by atoms with Crippen LogP contribution >= 0.6 is 15.9 Å². The summed E-state index contributed by atoms with van der Waals surface area (Å²) in [5.74, 6) is 1.60. The van der Waals surface area contributed by atoms with Crippen LogP contribution in [0.15, 0.2) is 28.7 Å². The quantitative estimate of drug-likeness (QED) is 0.888. The third kappa shape index (κ3) is 2.79. The maximum atomic E-state index is 4.58. The lowest BCUT2D eigenvalue weighted by Crippen LogP contribution is -2.49. The molecule has 0 amide bonds. The number of hydrogen-bond donors (Lipinski definition) is 2. The molecular weight excluding hydrogens is 306 g/mol. The minimum absolute atomic E-state index is 0.475. The summed E-state index contributed by atoms with van der Waals surface area (Å²) in [6, 6.07) is 8.53. The molecule has 0 bridgehead atoms. The summed E-state index contributed by atoms with van der Waals surface area (Å²) in [6.45, 7) is 5.04. The highest BCUT2D eigenvalue weighted by Crippen LogP contribution is 2.20. The first-order valence-electron chi connectivity index (χ1n) is 6.39. The monoisotopic (exact) mass is 321 g/mol. The van der Waals surface area contributed by atoms with Gasteiger partial charge < -0.3 is 10.2 Å². The Bertz CT molecular complexity index is 550. The molecule has 0 aliphatic carbocycles. The molecule has 1 aliphatic rings. The molecule has 6 heteroatoms. The van der Waals surface area contributed by atoms with Gasteiger partial charge in [-0.05, 0) is 19.1 Å².